The fraction of sp³-hybridized carbons (Fsp3) is 0.333. The zero-order valence-electron chi connectivity index (χ0n) is 11.9. The standard InChI is InChI=1S/C15H16ClN3O2/c1-9-15(16)13(19(2)18-9)8-21-11-5-3-10-4-6-14(20)17-12(10)7-11/h3,5,7H,4,6,8H2,1-2H3,(H,17,20). The van der Waals surface area contributed by atoms with Gasteiger partial charge in [-0.15, -0.1) is 0 Å². The van der Waals surface area contributed by atoms with E-state index < -0.39 is 0 Å². The predicted octanol–water partition coefficient (Wildman–Crippen LogP) is 2.85. The van der Waals surface area contributed by atoms with E-state index in [2.05, 4.69) is 10.4 Å². The Bertz CT molecular complexity index is 709. The van der Waals surface area contributed by atoms with Crippen LogP contribution < -0.4 is 10.1 Å². The molecule has 1 amide bonds. The fourth-order valence-electron chi connectivity index (χ4n) is 2.43. The van der Waals surface area contributed by atoms with Gasteiger partial charge in [-0.1, -0.05) is 17.7 Å². The van der Waals surface area contributed by atoms with Gasteiger partial charge in [0.25, 0.3) is 0 Å². The molecular formula is C15H16ClN3O2. The molecule has 6 heteroatoms. The van der Waals surface area contributed by atoms with Gasteiger partial charge in [-0.2, -0.15) is 5.10 Å². The first-order valence-electron chi connectivity index (χ1n) is 6.78. The van der Waals surface area contributed by atoms with E-state index in [1.54, 1.807) is 4.68 Å². The minimum atomic E-state index is 0.0463. The molecule has 0 aliphatic carbocycles. The van der Waals surface area contributed by atoms with E-state index in [0.717, 1.165) is 29.1 Å². The minimum absolute atomic E-state index is 0.0463. The Kier molecular flexibility index (Phi) is 3.59. The molecule has 1 aliphatic rings. The topological polar surface area (TPSA) is 56.1 Å². The molecule has 2 heterocycles. The second-order valence-corrected chi connectivity index (χ2v) is 5.50. The maximum Gasteiger partial charge on any atom is 0.224 e. The van der Waals surface area contributed by atoms with Crippen molar-refractivity contribution in [3.05, 3.63) is 40.2 Å². The monoisotopic (exact) mass is 305 g/mol. The van der Waals surface area contributed by atoms with Crippen LogP contribution in [0, 0.1) is 6.92 Å². The summed E-state index contributed by atoms with van der Waals surface area (Å²) in [5.74, 6) is 0.746. The highest BCUT2D eigenvalue weighted by atomic mass is 35.5. The molecule has 1 aromatic carbocycles. The molecule has 1 N–H and O–H groups in total. The lowest BCUT2D eigenvalue weighted by Gasteiger charge is -2.17. The molecule has 0 saturated heterocycles. The summed E-state index contributed by atoms with van der Waals surface area (Å²) < 4.78 is 7.49. The molecule has 0 fully saturated rings. The zero-order chi connectivity index (χ0) is 15.0. The number of benzene rings is 1. The van der Waals surface area contributed by atoms with Crippen LogP contribution >= 0.6 is 11.6 Å². The Hall–Kier alpha value is -2.01. The molecule has 110 valence electrons. The van der Waals surface area contributed by atoms with Crippen molar-refractivity contribution in [2.24, 2.45) is 7.05 Å². The van der Waals surface area contributed by atoms with Gasteiger partial charge in [-0.3, -0.25) is 9.48 Å². The van der Waals surface area contributed by atoms with Crippen molar-refractivity contribution in [2.45, 2.75) is 26.4 Å². The molecule has 21 heavy (non-hydrogen) atoms. The molecular weight excluding hydrogens is 290 g/mol. The summed E-state index contributed by atoms with van der Waals surface area (Å²) in [5.41, 5.74) is 3.58. The highest BCUT2D eigenvalue weighted by Crippen LogP contribution is 2.28. The molecule has 0 bridgehead atoms. The van der Waals surface area contributed by atoms with Crippen LogP contribution in [0.4, 0.5) is 5.69 Å². The van der Waals surface area contributed by atoms with Gasteiger partial charge in [-0.05, 0) is 25.0 Å². The molecule has 0 spiro atoms. The van der Waals surface area contributed by atoms with Crippen LogP contribution in [-0.4, -0.2) is 15.7 Å². The van der Waals surface area contributed by atoms with Crippen LogP contribution in [0.5, 0.6) is 5.75 Å². The summed E-state index contributed by atoms with van der Waals surface area (Å²) in [6.07, 6.45) is 1.31. The Labute approximate surface area is 127 Å². The Balaban J connectivity index is 1.77. The van der Waals surface area contributed by atoms with Crippen molar-refractivity contribution in [3.63, 3.8) is 0 Å². The number of carbonyl (C=O) groups excluding carboxylic acids is 1. The van der Waals surface area contributed by atoms with Gasteiger partial charge in [0.05, 0.1) is 16.4 Å². The number of hydrogen-bond acceptors (Lipinski definition) is 3. The molecule has 1 aromatic heterocycles. The molecule has 0 radical (unpaired) electrons. The fourth-order valence-corrected chi connectivity index (χ4v) is 2.64. The summed E-state index contributed by atoms with van der Waals surface area (Å²) in [4.78, 5) is 11.4. The summed E-state index contributed by atoms with van der Waals surface area (Å²) in [6.45, 7) is 2.20. The van der Waals surface area contributed by atoms with Crippen molar-refractivity contribution >= 4 is 23.2 Å². The van der Waals surface area contributed by atoms with Gasteiger partial charge in [0, 0.05) is 25.2 Å². The van der Waals surface area contributed by atoms with Crippen molar-refractivity contribution in [2.75, 3.05) is 5.32 Å². The van der Waals surface area contributed by atoms with Gasteiger partial charge >= 0.3 is 0 Å². The molecule has 0 atom stereocenters. The summed E-state index contributed by atoms with van der Waals surface area (Å²) in [5, 5.41) is 7.74. The lowest BCUT2D eigenvalue weighted by molar-refractivity contribution is -0.116. The first-order valence-corrected chi connectivity index (χ1v) is 7.16. The largest absolute Gasteiger partial charge is 0.487 e. The number of nitrogens with one attached hydrogen (secondary N) is 1. The minimum Gasteiger partial charge on any atom is -0.487 e. The number of amides is 1. The van der Waals surface area contributed by atoms with Crippen molar-refractivity contribution in [1.82, 2.24) is 9.78 Å². The number of rotatable bonds is 3. The summed E-state index contributed by atoms with van der Waals surface area (Å²) in [6, 6.07) is 5.75. The van der Waals surface area contributed by atoms with Gasteiger partial charge in [0.15, 0.2) is 0 Å². The number of carbonyl (C=O) groups is 1. The average molecular weight is 306 g/mol. The number of aromatic nitrogens is 2. The van der Waals surface area contributed by atoms with Crippen LogP contribution in [-0.2, 0) is 24.9 Å². The van der Waals surface area contributed by atoms with Crippen LogP contribution in [0.3, 0.4) is 0 Å². The van der Waals surface area contributed by atoms with Crippen LogP contribution in [0.1, 0.15) is 23.4 Å². The molecule has 2 aromatic rings. The SMILES string of the molecule is Cc1nn(C)c(COc2ccc3c(c2)NC(=O)CC3)c1Cl. The number of ether oxygens (including phenoxy) is 1. The second kappa shape index (κ2) is 5.41. The highest BCUT2D eigenvalue weighted by molar-refractivity contribution is 6.31. The Morgan fingerprint density at radius 2 is 2.24 bits per heavy atom. The first-order chi connectivity index (χ1) is 10.0. The van der Waals surface area contributed by atoms with Crippen molar-refractivity contribution in [1.29, 1.82) is 0 Å². The van der Waals surface area contributed by atoms with Crippen molar-refractivity contribution < 1.29 is 9.53 Å². The van der Waals surface area contributed by atoms with E-state index in [1.807, 2.05) is 32.2 Å². The smallest absolute Gasteiger partial charge is 0.224 e. The Morgan fingerprint density at radius 1 is 1.43 bits per heavy atom. The lowest BCUT2D eigenvalue weighted by atomic mass is 10.0. The van der Waals surface area contributed by atoms with E-state index >= 15 is 0 Å². The average Bonchev–Trinajstić information content (AvgIpc) is 2.69. The number of hydrogen-bond donors (Lipinski definition) is 1. The molecule has 3 rings (SSSR count). The van der Waals surface area contributed by atoms with E-state index in [0.29, 0.717) is 23.8 Å². The summed E-state index contributed by atoms with van der Waals surface area (Å²) in [7, 11) is 1.84. The number of nitrogens with zero attached hydrogens (tertiary/aromatic N) is 2. The molecule has 0 saturated carbocycles. The number of aryl methyl sites for hydroxylation is 3. The summed E-state index contributed by atoms with van der Waals surface area (Å²) >= 11 is 6.19. The maximum absolute atomic E-state index is 11.4. The number of anilines is 1. The molecule has 0 unspecified atom stereocenters. The highest BCUT2D eigenvalue weighted by Gasteiger charge is 2.16. The third-order valence-electron chi connectivity index (χ3n) is 3.61. The Morgan fingerprint density at radius 3 is 2.95 bits per heavy atom. The van der Waals surface area contributed by atoms with Crippen LogP contribution in [0.2, 0.25) is 5.02 Å². The van der Waals surface area contributed by atoms with E-state index in [1.165, 1.54) is 0 Å². The second-order valence-electron chi connectivity index (χ2n) is 5.13. The first kappa shape index (κ1) is 13.9. The van der Waals surface area contributed by atoms with E-state index in [-0.39, 0.29) is 5.91 Å². The predicted molar refractivity (Wildman–Crippen MR) is 80.7 cm³/mol. The van der Waals surface area contributed by atoms with E-state index in [9.17, 15) is 4.79 Å². The maximum atomic E-state index is 11.4. The van der Waals surface area contributed by atoms with E-state index in [4.69, 9.17) is 16.3 Å². The number of halogens is 1. The van der Waals surface area contributed by atoms with Gasteiger partial charge < -0.3 is 10.1 Å². The number of fused-ring (bicyclic) bond motifs is 1. The van der Waals surface area contributed by atoms with Crippen LogP contribution in [0.15, 0.2) is 18.2 Å². The molecule has 1 aliphatic heterocycles. The van der Waals surface area contributed by atoms with Crippen LogP contribution in [0.25, 0.3) is 0 Å². The zero-order valence-corrected chi connectivity index (χ0v) is 12.7. The normalized spacial score (nSPS) is 13.8. The lowest BCUT2D eigenvalue weighted by Crippen LogP contribution is -2.18. The quantitative estimate of drug-likeness (QED) is 0.948. The van der Waals surface area contributed by atoms with Gasteiger partial charge in [-0.25, -0.2) is 0 Å². The van der Waals surface area contributed by atoms with Gasteiger partial charge in [0.2, 0.25) is 5.91 Å². The molecule has 5 nitrogen and oxygen atoms in total. The third-order valence-corrected chi connectivity index (χ3v) is 4.11. The van der Waals surface area contributed by atoms with Gasteiger partial charge in [0.1, 0.15) is 12.4 Å². The van der Waals surface area contributed by atoms with Crippen molar-refractivity contribution in [3.8, 4) is 5.75 Å². The third kappa shape index (κ3) is 2.74.